The summed E-state index contributed by atoms with van der Waals surface area (Å²) in [4.78, 5) is 0. The molecule has 0 bridgehead atoms. The first-order chi connectivity index (χ1) is 8.13. The van der Waals surface area contributed by atoms with Crippen molar-refractivity contribution in [1.29, 1.82) is 0 Å². The van der Waals surface area contributed by atoms with E-state index in [-0.39, 0.29) is 6.10 Å². The van der Waals surface area contributed by atoms with Crippen molar-refractivity contribution in [2.75, 3.05) is 33.9 Å². The van der Waals surface area contributed by atoms with Crippen LogP contribution in [0.4, 0.5) is 0 Å². The van der Waals surface area contributed by atoms with Crippen LogP contribution in [0.15, 0.2) is 0 Å². The van der Waals surface area contributed by atoms with Crippen molar-refractivity contribution in [3.05, 3.63) is 0 Å². The zero-order chi connectivity index (χ0) is 13.1. The third kappa shape index (κ3) is 9.53. The summed E-state index contributed by atoms with van der Waals surface area (Å²) in [6.45, 7) is 9.09. The molecule has 0 amide bonds. The molecule has 0 aromatic carbocycles. The summed E-state index contributed by atoms with van der Waals surface area (Å²) in [7, 11) is 3.42. The van der Waals surface area contributed by atoms with Crippen molar-refractivity contribution in [3.63, 3.8) is 0 Å². The molecule has 0 aromatic rings. The standard InChI is InChI=1S/C13H30N2O2/c1-6-7-11(2)14-8-12(3)15-9-13(17-5)10-16-4/h11-15H,6-10H2,1-5H3. The molecular weight excluding hydrogens is 216 g/mol. The molecule has 0 saturated heterocycles. The highest BCUT2D eigenvalue weighted by Gasteiger charge is 2.09. The van der Waals surface area contributed by atoms with Crippen LogP contribution in [0, 0.1) is 0 Å². The van der Waals surface area contributed by atoms with Gasteiger partial charge in [-0.05, 0) is 20.3 Å². The van der Waals surface area contributed by atoms with Gasteiger partial charge in [0.1, 0.15) is 0 Å². The first kappa shape index (κ1) is 16.8. The van der Waals surface area contributed by atoms with Gasteiger partial charge < -0.3 is 20.1 Å². The zero-order valence-electron chi connectivity index (χ0n) is 12.1. The number of ether oxygens (including phenoxy) is 2. The fraction of sp³-hybridized carbons (Fsp3) is 1.00. The second kappa shape index (κ2) is 11.0. The highest BCUT2D eigenvalue weighted by Crippen LogP contribution is 1.95. The molecule has 0 fully saturated rings. The summed E-state index contributed by atoms with van der Waals surface area (Å²) in [5, 5.41) is 6.97. The molecule has 0 heterocycles. The van der Waals surface area contributed by atoms with Crippen LogP contribution in [-0.4, -0.2) is 52.1 Å². The van der Waals surface area contributed by atoms with Gasteiger partial charge in [0.15, 0.2) is 0 Å². The van der Waals surface area contributed by atoms with E-state index in [0.29, 0.717) is 18.7 Å². The Balaban J connectivity index is 3.60. The van der Waals surface area contributed by atoms with Crippen molar-refractivity contribution >= 4 is 0 Å². The molecule has 3 unspecified atom stereocenters. The van der Waals surface area contributed by atoms with E-state index in [0.717, 1.165) is 13.1 Å². The minimum atomic E-state index is 0.135. The molecule has 17 heavy (non-hydrogen) atoms. The van der Waals surface area contributed by atoms with Crippen LogP contribution < -0.4 is 10.6 Å². The van der Waals surface area contributed by atoms with Crippen LogP contribution in [0.3, 0.4) is 0 Å². The number of methoxy groups -OCH3 is 2. The molecule has 0 rings (SSSR count). The maximum atomic E-state index is 5.30. The van der Waals surface area contributed by atoms with E-state index in [9.17, 15) is 0 Å². The zero-order valence-corrected chi connectivity index (χ0v) is 12.1. The third-order valence-electron chi connectivity index (χ3n) is 2.87. The number of hydrogen-bond acceptors (Lipinski definition) is 4. The van der Waals surface area contributed by atoms with Gasteiger partial charge in [-0.15, -0.1) is 0 Å². The number of rotatable bonds is 11. The molecular formula is C13H30N2O2. The van der Waals surface area contributed by atoms with E-state index in [4.69, 9.17) is 9.47 Å². The Labute approximate surface area is 106 Å². The molecule has 0 radical (unpaired) electrons. The van der Waals surface area contributed by atoms with Gasteiger partial charge in [0, 0.05) is 39.4 Å². The largest absolute Gasteiger partial charge is 0.382 e. The second-order valence-electron chi connectivity index (χ2n) is 4.72. The van der Waals surface area contributed by atoms with Gasteiger partial charge in [0.25, 0.3) is 0 Å². The minimum Gasteiger partial charge on any atom is -0.382 e. The summed E-state index contributed by atoms with van der Waals surface area (Å²) < 4.78 is 10.4. The summed E-state index contributed by atoms with van der Waals surface area (Å²) in [5.74, 6) is 0. The quantitative estimate of drug-likeness (QED) is 0.578. The molecule has 0 saturated carbocycles. The maximum absolute atomic E-state index is 5.30. The Morgan fingerprint density at radius 1 is 1.00 bits per heavy atom. The Morgan fingerprint density at radius 3 is 2.18 bits per heavy atom. The smallest absolute Gasteiger partial charge is 0.0928 e. The van der Waals surface area contributed by atoms with Crippen LogP contribution in [0.25, 0.3) is 0 Å². The maximum Gasteiger partial charge on any atom is 0.0928 e. The fourth-order valence-electron chi connectivity index (χ4n) is 1.71. The lowest BCUT2D eigenvalue weighted by Gasteiger charge is -2.21. The lowest BCUT2D eigenvalue weighted by atomic mass is 10.2. The first-order valence-electron chi connectivity index (χ1n) is 6.62. The van der Waals surface area contributed by atoms with E-state index in [1.165, 1.54) is 12.8 Å². The number of nitrogens with one attached hydrogen (secondary N) is 2. The summed E-state index contributed by atoms with van der Waals surface area (Å²) in [6.07, 6.45) is 2.60. The second-order valence-corrected chi connectivity index (χ2v) is 4.72. The van der Waals surface area contributed by atoms with E-state index in [2.05, 4.69) is 31.4 Å². The normalized spacial score (nSPS) is 16.8. The predicted octanol–water partition coefficient (Wildman–Crippen LogP) is 1.40. The van der Waals surface area contributed by atoms with Crippen molar-refractivity contribution in [3.8, 4) is 0 Å². The van der Waals surface area contributed by atoms with Crippen LogP contribution in [0.2, 0.25) is 0 Å². The van der Waals surface area contributed by atoms with Crippen LogP contribution in [-0.2, 0) is 9.47 Å². The van der Waals surface area contributed by atoms with Crippen molar-refractivity contribution < 1.29 is 9.47 Å². The average molecular weight is 246 g/mol. The fourth-order valence-corrected chi connectivity index (χ4v) is 1.71. The molecule has 0 aliphatic carbocycles. The Bertz CT molecular complexity index is 167. The van der Waals surface area contributed by atoms with E-state index in [1.54, 1.807) is 14.2 Å². The minimum absolute atomic E-state index is 0.135. The molecule has 0 aliphatic rings. The van der Waals surface area contributed by atoms with E-state index in [1.807, 2.05) is 0 Å². The van der Waals surface area contributed by atoms with Gasteiger partial charge in [-0.2, -0.15) is 0 Å². The summed E-state index contributed by atoms with van der Waals surface area (Å²) in [5.41, 5.74) is 0. The van der Waals surface area contributed by atoms with Gasteiger partial charge in [-0.1, -0.05) is 13.3 Å². The Kier molecular flexibility index (Phi) is 10.9. The van der Waals surface area contributed by atoms with Crippen molar-refractivity contribution in [1.82, 2.24) is 10.6 Å². The average Bonchev–Trinajstić information content (AvgIpc) is 2.32. The highest BCUT2D eigenvalue weighted by atomic mass is 16.5. The number of hydrogen-bond donors (Lipinski definition) is 2. The molecule has 4 heteroatoms. The van der Waals surface area contributed by atoms with Gasteiger partial charge >= 0.3 is 0 Å². The molecule has 0 aromatic heterocycles. The molecule has 0 spiro atoms. The lowest BCUT2D eigenvalue weighted by molar-refractivity contribution is 0.0276. The van der Waals surface area contributed by atoms with Gasteiger partial charge in [0.2, 0.25) is 0 Å². The Hall–Kier alpha value is -0.160. The van der Waals surface area contributed by atoms with E-state index >= 15 is 0 Å². The van der Waals surface area contributed by atoms with Crippen LogP contribution in [0.1, 0.15) is 33.6 Å². The monoisotopic (exact) mass is 246 g/mol. The van der Waals surface area contributed by atoms with Crippen LogP contribution >= 0.6 is 0 Å². The highest BCUT2D eigenvalue weighted by molar-refractivity contribution is 4.70. The Morgan fingerprint density at radius 2 is 1.65 bits per heavy atom. The molecule has 3 atom stereocenters. The third-order valence-corrected chi connectivity index (χ3v) is 2.87. The van der Waals surface area contributed by atoms with Crippen molar-refractivity contribution in [2.24, 2.45) is 0 Å². The lowest BCUT2D eigenvalue weighted by Crippen LogP contribution is -2.43. The van der Waals surface area contributed by atoms with Gasteiger partial charge in [-0.25, -0.2) is 0 Å². The predicted molar refractivity (Wildman–Crippen MR) is 72.5 cm³/mol. The SMILES string of the molecule is CCCC(C)NCC(C)NCC(COC)OC. The van der Waals surface area contributed by atoms with Crippen molar-refractivity contribution in [2.45, 2.75) is 51.8 Å². The molecule has 104 valence electrons. The van der Waals surface area contributed by atoms with Crippen LogP contribution in [0.5, 0.6) is 0 Å². The molecule has 2 N–H and O–H groups in total. The van der Waals surface area contributed by atoms with E-state index < -0.39 is 0 Å². The topological polar surface area (TPSA) is 42.5 Å². The molecule has 4 nitrogen and oxygen atoms in total. The van der Waals surface area contributed by atoms with Gasteiger partial charge in [0.05, 0.1) is 12.7 Å². The summed E-state index contributed by atoms with van der Waals surface area (Å²) in [6, 6.07) is 1.05. The molecule has 0 aliphatic heterocycles. The summed E-state index contributed by atoms with van der Waals surface area (Å²) >= 11 is 0. The van der Waals surface area contributed by atoms with Gasteiger partial charge in [-0.3, -0.25) is 0 Å². The first-order valence-corrected chi connectivity index (χ1v) is 6.62.